The van der Waals surface area contributed by atoms with Gasteiger partial charge in [0.25, 0.3) is 0 Å². The molecular formula is C8H19FN2. The van der Waals surface area contributed by atoms with E-state index in [1.54, 1.807) is 0 Å². The second-order valence-corrected chi connectivity index (χ2v) is 3.46. The molecule has 0 spiro atoms. The molecule has 11 heavy (non-hydrogen) atoms. The zero-order valence-electron chi connectivity index (χ0n) is 7.39. The minimum absolute atomic E-state index is 0.0338. The van der Waals surface area contributed by atoms with Crippen LogP contribution in [0, 0.1) is 5.92 Å². The van der Waals surface area contributed by atoms with Crippen molar-refractivity contribution in [2.24, 2.45) is 17.4 Å². The molecule has 0 radical (unpaired) electrons. The van der Waals surface area contributed by atoms with Crippen LogP contribution in [0.2, 0.25) is 0 Å². The molecule has 0 heterocycles. The van der Waals surface area contributed by atoms with Crippen molar-refractivity contribution < 1.29 is 4.39 Å². The summed E-state index contributed by atoms with van der Waals surface area (Å²) < 4.78 is 12.6. The fourth-order valence-corrected chi connectivity index (χ4v) is 1.13. The van der Waals surface area contributed by atoms with Gasteiger partial charge in [-0.2, -0.15) is 0 Å². The molecule has 0 fully saturated rings. The lowest BCUT2D eigenvalue weighted by atomic mass is 10.00. The third-order valence-corrected chi connectivity index (χ3v) is 1.59. The molecular weight excluding hydrogens is 143 g/mol. The monoisotopic (exact) mass is 162 g/mol. The predicted octanol–water partition coefficient (Wildman–Crippen LogP) is 1.05. The first-order valence-corrected chi connectivity index (χ1v) is 4.16. The molecule has 0 amide bonds. The molecule has 0 aromatic rings. The highest BCUT2D eigenvalue weighted by Crippen LogP contribution is 2.08. The second-order valence-electron chi connectivity index (χ2n) is 3.46. The Morgan fingerprint density at radius 2 is 1.82 bits per heavy atom. The van der Waals surface area contributed by atoms with Gasteiger partial charge in [0.1, 0.15) is 6.17 Å². The van der Waals surface area contributed by atoms with E-state index in [0.717, 1.165) is 6.42 Å². The van der Waals surface area contributed by atoms with Gasteiger partial charge >= 0.3 is 0 Å². The Labute approximate surface area is 68.1 Å². The molecule has 68 valence electrons. The van der Waals surface area contributed by atoms with E-state index < -0.39 is 6.17 Å². The molecule has 0 aliphatic heterocycles. The highest BCUT2D eigenvalue weighted by atomic mass is 19.1. The van der Waals surface area contributed by atoms with Crippen molar-refractivity contribution >= 4 is 0 Å². The van der Waals surface area contributed by atoms with E-state index in [1.165, 1.54) is 0 Å². The summed E-state index contributed by atoms with van der Waals surface area (Å²) in [4.78, 5) is 0. The van der Waals surface area contributed by atoms with Crippen molar-refractivity contribution in [2.75, 3.05) is 6.54 Å². The van der Waals surface area contributed by atoms with Crippen molar-refractivity contribution in [3.63, 3.8) is 0 Å². The summed E-state index contributed by atoms with van der Waals surface area (Å²) in [5.41, 5.74) is 10.8. The molecule has 0 aliphatic carbocycles. The summed E-state index contributed by atoms with van der Waals surface area (Å²) >= 11 is 0. The molecule has 4 N–H and O–H groups in total. The molecule has 0 saturated heterocycles. The van der Waals surface area contributed by atoms with E-state index in [4.69, 9.17) is 11.5 Å². The van der Waals surface area contributed by atoms with Crippen molar-refractivity contribution in [1.29, 1.82) is 0 Å². The average molecular weight is 162 g/mol. The third kappa shape index (κ3) is 6.26. The molecule has 0 rings (SSSR count). The Kier molecular flexibility index (Phi) is 5.42. The predicted molar refractivity (Wildman–Crippen MR) is 46.0 cm³/mol. The first-order valence-electron chi connectivity index (χ1n) is 4.16. The Morgan fingerprint density at radius 1 is 1.27 bits per heavy atom. The molecule has 0 unspecified atom stereocenters. The van der Waals surface area contributed by atoms with Crippen molar-refractivity contribution in [3.8, 4) is 0 Å². The molecule has 0 aromatic heterocycles. The molecule has 0 bridgehead atoms. The number of halogens is 1. The largest absolute Gasteiger partial charge is 0.328 e. The van der Waals surface area contributed by atoms with Crippen LogP contribution in [-0.2, 0) is 0 Å². The molecule has 2 atom stereocenters. The maximum absolute atomic E-state index is 12.6. The van der Waals surface area contributed by atoms with Crippen LogP contribution in [0.1, 0.15) is 26.7 Å². The van der Waals surface area contributed by atoms with Gasteiger partial charge in [0.15, 0.2) is 0 Å². The minimum Gasteiger partial charge on any atom is -0.328 e. The van der Waals surface area contributed by atoms with Gasteiger partial charge in [-0.05, 0) is 18.8 Å². The first-order chi connectivity index (χ1) is 5.06. The van der Waals surface area contributed by atoms with Crippen molar-refractivity contribution in [1.82, 2.24) is 0 Å². The summed E-state index contributed by atoms with van der Waals surface area (Å²) in [6.07, 6.45) is 0.346. The third-order valence-electron chi connectivity index (χ3n) is 1.59. The second kappa shape index (κ2) is 5.49. The van der Waals surface area contributed by atoms with E-state index in [2.05, 4.69) is 13.8 Å². The summed E-state index contributed by atoms with van der Waals surface area (Å²) in [5, 5.41) is 0. The number of rotatable bonds is 5. The molecule has 3 heteroatoms. The zero-order chi connectivity index (χ0) is 8.85. The first kappa shape index (κ1) is 10.8. The maximum Gasteiger partial charge on any atom is 0.114 e. The fourth-order valence-electron chi connectivity index (χ4n) is 1.13. The average Bonchev–Trinajstić information content (AvgIpc) is 1.85. The summed E-state index contributed by atoms with van der Waals surface area (Å²) in [6.45, 7) is 4.25. The molecule has 0 saturated carbocycles. The van der Waals surface area contributed by atoms with Crippen LogP contribution in [0.25, 0.3) is 0 Å². The van der Waals surface area contributed by atoms with Gasteiger partial charge in [-0.3, -0.25) is 0 Å². The van der Waals surface area contributed by atoms with Crippen LogP contribution in [0.5, 0.6) is 0 Å². The minimum atomic E-state index is -0.927. The fraction of sp³-hybridized carbons (Fsp3) is 1.00. The molecule has 2 nitrogen and oxygen atoms in total. The SMILES string of the molecule is CC(C)C[C@@H](N)C[C@H](F)CN. The summed E-state index contributed by atoms with van der Waals surface area (Å²) in [5.74, 6) is 0.537. The number of alkyl halides is 1. The Bertz CT molecular complexity index is 96.1. The van der Waals surface area contributed by atoms with Crippen LogP contribution < -0.4 is 11.5 Å². The van der Waals surface area contributed by atoms with Gasteiger partial charge in [-0.15, -0.1) is 0 Å². The maximum atomic E-state index is 12.6. The van der Waals surface area contributed by atoms with E-state index >= 15 is 0 Å². The van der Waals surface area contributed by atoms with E-state index in [1.807, 2.05) is 0 Å². The van der Waals surface area contributed by atoms with Crippen LogP contribution in [-0.4, -0.2) is 18.8 Å². The molecule has 0 aromatic carbocycles. The van der Waals surface area contributed by atoms with Gasteiger partial charge in [0.2, 0.25) is 0 Å². The van der Waals surface area contributed by atoms with Gasteiger partial charge in [0.05, 0.1) is 0 Å². The zero-order valence-corrected chi connectivity index (χ0v) is 7.39. The Morgan fingerprint density at radius 3 is 2.18 bits per heavy atom. The highest BCUT2D eigenvalue weighted by Gasteiger charge is 2.11. The number of hydrogen-bond acceptors (Lipinski definition) is 2. The van der Waals surface area contributed by atoms with Crippen LogP contribution in [0.4, 0.5) is 4.39 Å². The highest BCUT2D eigenvalue weighted by molar-refractivity contribution is 4.69. The van der Waals surface area contributed by atoms with E-state index in [0.29, 0.717) is 12.3 Å². The quantitative estimate of drug-likeness (QED) is 0.634. The lowest BCUT2D eigenvalue weighted by molar-refractivity contribution is 0.289. The van der Waals surface area contributed by atoms with Gasteiger partial charge < -0.3 is 11.5 Å². The lowest BCUT2D eigenvalue weighted by Crippen LogP contribution is -2.29. The number of hydrogen-bond donors (Lipinski definition) is 2. The van der Waals surface area contributed by atoms with Gasteiger partial charge in [0, 0.05) is 12.6 Å². The van der Waals surface area contributed by atoms with Gasteiger partial charge in [-0.25, -0.2) is 4.39 Å². The summed E-state index contributed by atoms with van der Waals surface area (Å²) in [6, 6.07) is -0.0338. The Hall–Kier alpha value is -0.150. The van der Waals surface area contributed by atoms with Crippen LogP contribution in [0.3, 0.4) is 0 Å². The summed E-state index contributed by atoms with van der Waals surface area (Å²) in [7, 11) is 0. The van der Waals surface area contributed by atoms with E-state index in [-0.39, 0.29) is 12.6 Å². The van der Waals surface area contributed by atoms with Crippen LogP contribution in [0.15, 0.2) is 0 Å². The lowest BCUT2D eigenvalue weighted by Gasteiger charge is -2.15. The number of nitrogens with two attached hydrogens (primary N) is 2. The topological polar surface area (TPSA) is 52.0 Å². The van der Waals surface area contributed by atoms with Crippen LogP contribution >= 0.6 is 0 Å². The normalized spacial score (nSPS) is 16.9. The standard InChI is InChI=1S/C8H19FN2/c1-6(2)3-8(11)4-7(9)5-10/h6-8H,3-5,10-11H2,1-2H3/t7-,8+/m0/s1. The van der Waals surface area contributed by atoms with Crippen molar-refractivity contribution in [2.45, 2.75) is 38.9 Å². The van der Waals surface area contributed by atoms with E-state index in [9.17, 15) is 4.39 Å². The molecule has 0 aliphatic rings. The van der Waals surface area contributed by atoms with Gasteiger partial charge in [-0.1, -0.05) is 13.8 Å². The smallest absolute Gasteiger partial charge is 0.114 e. The Balaban J connectivity index is 3.43. The van der Waals surface area contributed by atoms with Crippen molar-refractivity contribution in [3.05, 3.63) is 0 Å².